The summed E-state index contributed by atoms with van der Waals surface area (Å²) < 4.78 is 5.38. The first-order chi connectivity index (χ1) is 10.0. The van der Waals surface area contributed by atoms with Crippen LogP contribution in [0.1, 0.15) is 25.8 Å². The SMILES string of the molecule is CCC(C)C(=O)Nc1nc(-c2cc(C)ccc2OC)cs1. The van der Waals surface area contributed by atoms with Gasteiger partial charge in [0.05, 0.1) is 12.8 Å². The van der Waals surface area contributed by atoms with Crippen LogP contribution in [0, 0.1) is 12.8 Å². The maximum absolute atomic E-state index is 11.9. The lowest BCUT2D eigenvalue weighted by atomic mass is 10.1. The molecule has 0 saturated carbocycles. The van der Waals surface area contributed by atoms with Crippen molar-refractivity contribution in [2.45, 2.75) is 27.2 Å². The lowest BCUT2D eigenvalue weighted by molar-refractivity contribution is -0.119. The molecule has 0 aliphatic rings. The molecule has 5 heteroatoms. The zero-order valence-electron chi connectivity index (χ0n) is 12.8. The second-order valence-electron chi connectivity index (χ2n) is 5.04. The lowest BCUT2D eigenvalue weighted by Gasteiger charge is -2.08. The van der Waals surface area contributed by atoms with Crippen LogP contribution >= 0.6 is 11.3 Å². The van der Waals surface area contributed by atoms with Crippen LogP contribution < -0.4 is 10.1 Å². The Morgan fingerprint density at radius 1 is 1.48 bits per heavy atom. The Morgan fingerprint density at radius 3 is 2.90 bits per heavy atom. The van der Waals surface area contributed by atoms with Gasteiger partial charge >= 0.3 is 0 Å². The van der Waals surface area contributed by atoms with Crippen molar-refractivity contribution in [3.8, 4) is 17.0 Å². The van der Waals surface area contributed by atoms with Crippen molar-refractivity contribution in [2.75, 3.05) is 12.4 Å². The maximum Gasteiger partial charge on any atom is 0.228 e. The molecule has 0 fully saturated rings. The molecule has 0 bridgehead atoms. The summed E-state index contributed by atoms with van der Waals surface area (Å²) in [6.07, 6.45) is 0.815. The molecular formula is C16H20N2O2S. The minimum Gasteiger partial charge on any atom is -0.496 e. The standard InChI is InChI=1S/C16H20N2O2S/c1-5-11(3)15(19)18-16-17-13(9-21-16)12-8-10(2)6-7-14(12)20-4/h6-9,11H,5H2,1-4H3,(H,17,18,19). The Labute approximate surface area is 129 Å². The number of ether oxygens (including phenoxy) is 1. The number of nitrogens with zero attached hydrogens (tertiary/aromatic N) is 1. The number of amides is 1. The van der Waals surface area contributed by atoms with Crippen LogP contribution in [0.3, 0.4) is 0 Å². The van der Waals surface area contributed by atoms with Crippen molar-refractivity contribution in [2.24, 2.45) is 5.92 Å². The Balaban J connectivity index is 2.24. The van der Waals surface area contributed by atoms with Gasteiger partial charge in [-0.3, -0.25) is 4.79 Å². The van der Waals surface area contributed by atoms with Crippen molar-refractivity contribution in [1.29, 1.82) is 0 Å². The predicted molar refractivity (Wildman–Crippen MR) is 86.9 cm³/mol. The molecule has 1 unspecified atom stereocenters. The van der Waals surface area contributed by atoms with E-state index >= 15 is 0 Å². The predicted octanol–water partition coefficient (Wildman–Crippen LogP) is 4.11. The number of nitrogens with one attached hydrogen (secondary N) is 1. The molecule has 0 spiro atoms. The summed E-state index contributed by atoms with van der Waals surface area (Å²) >= 11 is 1.43. The molecule has 21 heavy (non-hydrogen) atoms. The first-order valence-electron chi connectivity index (χ1n) is 6.96. The van der Waals surface area contributed by atoms with Gasteiger partial charge in [-0.05, 0) is 25.5 Å². The van der Waals surface area contributed by atoms with Gasteiger partial charge in [0.25, 0.3) is 0 Å². The van der Waals surface area contributed by atoms with Gasteiger partial charge in [0.1, 0.15) is 5.75 Å². The number of aryl methyl sites for hydroxylation is 1. The zero-order chi connectivity index (χ0) is 15.4. The largest absolute Gasteiger partial charge is 0.496 e. The van der Waals surface area contributed by atoms with Crippen molar-refractivity contribution in [3.63, 3.8) is 0 Å². The summed E-state index contributed by atoms with van der Waals surface area (Å²) in [5.41, 5.74) is 2.90. The van der Waals surface area contributed by atoms with Gasteiger partial charge in [0.15, 0.2) is 5.13 Å². The number of thiazole rings is 1. The fourth-order valence-electron chi connectivity index (χ4n) is 1.89. The zero-order valence-corrected chi connectivity index (χ0v) is 13.6. The van der Waals surface area contributed by atoms with E-state index < -0.39 is 0 Å². The third-order valence-corrected chi connectivity index (χ3v) is 4.18. The van der Waals surface area contributed by atoms with Gasteiger partial charge in [-0.1, -0.05) is 25.5 Å². The molecule has 1 N–H and O–H groups in total. The quantitative estimate of drug-likeness (QED) is 0.904. The third kappa shape index (κ3) is 3.61. The number of benzene rings is 1. The number of methoxy groups -OCH3 is 1. The van der Waals surface area contributed by atoms with Crippen LogP contribution in [-0.2, 0) is 4.79 Å². The van der Waals surface area contributed by atoms with E-state index in [0.29, 0.717) is 5.13 Å². The molecule has 0 radical (unpaired) electrons. The molecule has 1 atom stereocenters. The van der Waals surface area contributed by atoms with Crippen LogP contribution in [0.2, 0.25) is 0 Å². The fraction of sp³-hybridized carbons (Fsp3) is 0.375. The molecule has 1 amide bonds. The van der Waals surface area contributed by atoms with E-state index in [2.05, 4.69) is 10.3 Å². The second-order valence-corrected chi connectivity index (χ2v) is 5.90. The molecule has 2 rings (SSSR count). The molecule has 0 aliphatic carbocycles. The number of aromatic nitrogens is 1. The van der Waals surface area contributed by atoms with Crippen LogP contribution in [-0.4, -0.2) is 18.0 Å². The minimum atomic E-state index is -0.00847. The van der Waals surface area contributed by atoms with Gasteiger partial charge in [0, 0.05) is 16.9 Å². The number of carbonyl (C=O) groups is 1. The van der Waals surface area contributed by atoms with Crippen LogP contribution in [0.25, 0.3) is 11.3 Å². The van der Waals surface area contributed by atoms with Gasteiger partial charge in [-0.25, -0.2) is 4.98 Å². The second kappa shape index (κ2) is 6.72. The number of carbonyl (C=O) groups excluding carboxylic acids is 1. The van der Waals surface area contributed by atoms with Crippen molar-refractivity contribution >= 4 is 22.4 Å². The minimum absolute atomic E-state index is 0.00847. The summed E-state index contributed by atoms with van der Waals surface area (Å²) in [6, 6.07) is 5.97. The Bertz CT molecular complexity index is 637. The van der Waals surface area contributed by atoms with Crippen LogP contribution in [0.5, 0.6) is 5.75 Å². The summed E-state index contributed by atoms with van der Waals surface area (Å²) in [6.45, 7) is 5.93. The molecule has 112 valence electrons. The van der Waals surface area contributed by atoms with Gasteiger partial charge in [-0.15, -0.1) is 11.3 Å². The molecule has 0 aliphatic heterocycles. The average molecular weight is 304 g/mol. The summed E-state index contributed by atoms with van der Waals surface area (Å²) in [5, 5.41) is 5.42. The summed E-state index contributed by atoms with van der Waals surface area (Å²) in [7, 11) is 1.64. The van der Waals surface area contributed by atoms with Crippen molar-refractivity contribution in [3.05, 3.63) is 29.1 Å². The smallest absolute Gasteiger partial charge is 0.228 e. The number of anilines is 1. The third-order valence-electron chi connectivity index (χ3n) is 3.43. The first-order valence-corrected chi connectivity index (χ1v) is 7.84. The highest BCUT2D eigenvalue weighted by Crippen LogP contribution is 2.33. The fourth-order valence-corrected chi connectivity index (χ4v) is 2.60. The topological polar surface area (TPSA) is 51.2 Å². The van der Waals surface area contributed by atoms with Crippen molar-refractivity contribution in [1.82, 2.24) is 4.98 Å². The Morgan fingerprint density at radius 2 is 2.24 bits per heavy atom. The highest BCUT2D eigenvalue weighted by atomic mass is 32.1. The van der Waals surface area contributed by atoms with E-state index in [1.54, 1.807) is 7.11 Å². The first kappa shape index (κ1) is 15.5. The van der Waals surface area contributed by atoms with Gasteiger partial charge in [-0.2, -0.15) is 0 Å². The summed E-state index contributed by atoms with van der Waals surface area (Å²) in [5.74, 6) is 0.783. The Hall–Kier alpha value is -1.88. The van der Waals surface area contributed by atoms with E-state index in [1.165, 1.54) is 11.3 Å². The molecular weight excluding hydrogens is 284 g/mol. The molecule has 1 aromatic carbocycles. The monoisotopic (exact) mass is 304 g/mol. The Kier molecular flexibility index (Phi) is 4.96. The van der Waals surface area contributed by atoms with Gasteiger partial charge in [0.2, 0.25) is 5.91 Å². The van der Waals surface area contributed by atoms with E-state index in [1.807, 2.05) is 44.4 Å². The van der Waals surface area contributed by atoms with Crippen LogP contribution in [0.15, 0.2) is 23.6 Å². The lowest BCUT2D eigenvalue weighted by Crippen LogP contribution is -2.19. The molecule has 1 heterocycles. The van der Waals surface area contributed by atoms with Crippen LogP contribution in [0.4, 0.5) is 5.13 Å². The highest BCUT2D eigenvalue weighted by molar-refractivity contribution is 7.14. The highest BCUT2D eigenvalue weighted by Gasteiger charge is 2.14. The molecule has 2 aromatic rings. The maximum atomic E-state index is 11.9. The number of hydrogen-bond acceptors (Lipinski definition) is 4. The van der Waals surface area contributed by atoms with E-state index in [4.69, 9.17) is 4.74 Å². The summed E-state index contributed by atoms with van der Waals surface area (Å²) in [4.78, 5) is 16.4. The van der Waals surface area contributed by atoms with E-state index in [9.17, 15) is 4.79 Å². The molecule has 1 aromatic heterocycles. The average Bonchev–Trinajstić information content (AvgIpc) is 2.94. The number of hydrogen-bond donors (Lipinski definition) is 1. The van der Waals surface area contributed by atoms with Crippen molar-refractivity contribution < 1.29 is 9.53 Å². The normalized spacial score (nSPS) is 12.0. The van der Waals surface area contributed by atoms with E-state index in [-0.39, 0.29) is 11.8 Å². The van der Waals surface area contributed by atoms with Gasteiger partial charge < -0.3 is 10.1 Å². The molecule has 0 saturated heterocycles. The number of rotatable bonds is 5. The van der Waals surface area contributed by atoms with E-state index in [0.717, 1.165) is 29.0 Å². The molecule has 4 nitrogen and oxygen atoms in total.